The highest BCUT2D eigenvalue weighted by Gasteiger charge is 2.38. The van der Waals surface area contributed by atoms with Gasteiger partial charge in [0, 0.05) is 55.1 Å². The SMILES string of the molecule is CC1(C)c2ccccc2-c2cc3c(cc21)oc1c(Br)cccc13.CC1(C)c2ccccc2-c2cc3c(cc21)oc1c(N(c2ccc(-c4ccccc4)cc2)c2ccc(-c4ccccc4)cc2)cccc13.c1ccc(-c2ccc(Nc3ccc(-c4ccccc4)cc3)cc2)cc1. The summed E-state index contributed by atoms with van der Waals surface area (Å²) in [7, 11) is 0. The van der Waals surface area contributed by atoms with E-state index in [0.717, 1.165) is 66.0 Å². The molecule has 16 aromatic rings. The van der Waals surface area contributed by atoms with Gasteiger partial charge in [-0.2, -0.15) is 0 Å². The molecule has 95 heavy (non-hydrogen) atoms. The molecule has 0 saturated carbocycles. The highest BCUT2D eigenvalue weighted by Crippen LogP contribution is 2.53. The number of nitrogens with zero attached hydrogens (tertiary/aromatic N) is 1. The minimum atomic E-state index is -0.0883. The van der Waals surface area contributed by atoms with Gasteiger partial charge in [-0.3, -0.25) is 0 Å². The largest absolute Gasteiger partial charge is 0.455 e. The molecular weight excluding hydrogens is 1220 g/mol. The zero-order valence-electron chi connectivity index (χ0n) is 53.3. The quantitative estimate of drug-likeness (QED) is 0.156. The van der Waals surface area contributed by atoms with Crippen LogP contribution in [0.4, 0.5) is 28.4 Å². The lowest BCUT2D eigenvalue weighted by Gasteiger charge is -2.26. The summed E-state index contributed by atoms with van der Waals surface area (Å²) in [4.78, 5) is 2.32. The summed E-state index contributed by atoms with van der Waals surface area (Å²) in [6, 6.07) is 116. The van der Waals surface area contributed by atoms with Crippen LogP contribution in [-0.4, -0.2) is 0 Å². The molecule has 0 aliphatic heterocycles. The Bertz CT molecular complexity index is 5300. The first-order chi connectivity index (χ1) is 46.5. The highest BCUT2D eigenvalue weighted by atomic mass is 79.9. The van der Waals surface area contributed by atoms with Gasteiger partial charge >= 0.3 is 0 Å². The van der Waals surface area contributed by atoms with Crippen molar-refractivity contribution in [2.24, 2.45) is 0 Å². The van der Waals surface area contributed by atoms with E-state index in [4.69, 9.17) is 8.83 Å². The van der Waals surface area contributed by atoms with Crippen molar-refractivity contribution in [1.82, 2.24) is 0 Å². The van der Waals surface area contributed by atoms with Crippen molar-refractivity contribution in [3.8, 4) is 66.8 Å². The predicted molar refractivity (Wildman–Crippen MR) is 403 cm³/mol. The Morgan fingerprint density at radius 1 is 0.284 bits per heavy atom. The molecule has 2 aliphatic carbocycles. The Kier molecular flexibility index (Phi) is 15.1. The highest BCUT2D eigenvalue weighted by molar-refractivity contribution is 9.10. The third-order valence-corrected chi connectivity index (χ3v) is 19.9. The first kappa shape index (κ1) is 58.8. The molecule has 0 fully saturated rings. The number of halogens is 1. The molecular formula is C90H67BrN2O2. The van der Waals surface area contributed by atoms with Crippen molar-refractivity contribution in [3.63, 3.8) is 0 Å². The van der Waals surface area contributed by atoms with E-state index in [2.05, 4.69) is 363 Å². The van der Waals surface area contributed by atoms with E-state index in [1.165, 1.54) is 99.8 Å². The van der Waals surface area contributed by atoms with E-state index in [1.807, 2.05) is 18.2 Å². The standard InChI is InChI=1S/C45H33NO.C24H19N.C21H15BrO/c1-45(2)40-18-10-9-16-36(40)38-28-39-37-17-11-19-42(44(37)47-43(39)29-41(38)45)46(34-24-20-32(21-25-34)30-12-5-3-6-13-30)35-26-22-33(23-27-35)31-14-7-4-8-15-31;1-3-7-19(8-4-1)21-11-15-23(16-12-21)25-24-17-13-22(14-18-24)20-9-5-2-6-10-20;1-21(2)16-8-4-3-6-12(16)14-10-15-13-7-5-9-18(22)20(13)23-19(15)11-17(14)21/h3-29H,1-2H3;1-18,25H;3-11H,1-2H3. The van der Waals surface area contributed by atoms with Crippen molar-refractivity contribution in [2.75, 3.05) is 10.2 Å². The summed E-state index contributed by atoms with van der Waals surface area (Å²) in [6.45, 7) is 9.22. The van der Waals surface area contributed by atoms with Crippen LogP contribution in [0.5, 0.6) is 0 Å². The third kappa shape index (κ3) is 10.9. The Morgan fingerprint density at radius 2 is 0.621 bits per heavy atom. The van der Waals surface area contributed by atoms with Gasteiger partial charge in [0.05, 0.1) is 10.2 Å². The fourth-order valence-corrected chi connectivity index (χ4v) is 14.8. The molecule has 5 heteroatoms. The number of furan rings is 2. The molecule has 0 atom stereocenters. The molecule has 0 spiro atoms. The van der Waals surface area contributed by atoms with Gasteiger partial charge in [-0.25, -0.2) is 0 Å². The molecule has 1 N–H and O–H groups in total. The van der Waals surface area contributed by atoms with Crippen LogP contribution in [0.15, 0.2) is 341 Å². The summed E-state index contributed by atoms with van der Waals surface area (Å²) in [5.74, 6) is 0. The number of benzene rings is 14. The third-order valence-electron chi connectivity index (χ3n) is 19.3. The molecule has 0 amide bonds. The molecule has 0 unspecified atom stereocenters. The second-order valence-corrected chi connectivity index (χ2v) is 26.6. The van der Waals surface area contributed by atoms with Gasteiger partial charge in [0.1, 0.15) is 16.7 Å². The average molecular weight is 1290 g/mol. The number of para-hydroxylation sites is 2. The van der Waals surface area contributed by atoms with Crippen LogP contribution < -0.4 is 10.2 Å². The first-order valence-electron chi connectivity index (χ1n) is 32.6. The van der Waals surface area contributed by atoms with Crippen molar-refractivity contribution >= 4 is 88.2 Å². The van der Waals surface area contributed by atoms with E-state index >= 15 is 0 Å². The molecule has 18 rings (SSSR count). The number of rotatable bonds is 9. The number of hydrogen-bond acceptors (Lipinski definition) is 4. The Hall–Kier alpha value is -11.2. The van der Waals surface area contributed by atoms with Crippen molar-refractivity contribution < 1.29 is 8.83 Å². The van der Waals surface area contributed by atoms with Crippen molar-refractivity contribution in [2.45, 2.75) is 38.5 Å². The van der Waals surface area contributed by atoms with Crippen LogP contribution in [0.3, 0.4) is 0 Å². The minimum Gasteiger partial charge on any atom is -0.455 e. The molecule has 0 radical (unpaired) electrons. The van der Waals surface area contributed by atoms with Gasteiger partial charge in [-0.05, 0) is 190 Å². The maximum Gasteiger partial charge on any atom is 0.159 e. The normalized spacial score (nSPS) is 12.9. The summed E-state index contributed by atoms with van der Waals surface area (Å²) in [5.41, 5.74) is 29.4. The maximum atomic E-state index is 6.87. The smallest absolute Gasteiger partial charge is 0.159 e. The van der Waals surface area contributed by atoms with Gasteiger partial charge in [0.25, 0.3) is 0 Å². The summed E-state index contributed by atoms with van der Waals surface area (Å²) in [5, 5.41) is 8.08. The molecule has 4 nitrogen and oxygen atoms in total. The second-order valence-electron chi connectivity index (χ2n) is 25.8. The molecule has 0 saturated heterocycles. The van der Waals surface area contributed by atoms with Gasteiger partial charge in [-0.1, -0.05) is 270 Å². The lowest BCUT2D eigenvalue weighted by molar-refractivity contribution is 0.646. The monoisotopic (exact) mass is 1290 g/mol. The van der Waals surface area contributed by atoms with Gasteiger partial charge in [0.15, 0.2) is 5.58 Å². The van der Waals surface area contributed by atoms with Gasteiger partial charge < -0.3 is 19.1 Å². The van der Waals surface area contributed by atoms with Crippen LogP contribution in [0.25, 0.3) is 111 Å². The fraction of sp³-hybridized carbons (Fsp3) is 0.0667. The van der Waals surface area contributed by atoms with Crippen LogP contribution in [0.1, 0.15) is 49.9 Å². The van der Waals surface area contributed by atoms with Crippen molar-refractivity contribution in [1.29, 1.82) is 0 Å². The van der Waals surface area contributed by atoms with E-state index in [0.29, 0.717) is 0 Å². The fourth-order valence-electron chi connectivity index (χ4n) is 14.3. The number of anilines is 5. The van der Waals surface area contributed by atoms with Crippen LogP contribution in [-0.2, 0) is 10.8 Å². The lowest BCUT2D eigenvalue weighted by atomic mass is 9.82. The van der Waals surface area contributed by atoms with E-state index in [-0.39, 0.29) is 10.8 Å². The minimum absolute atomic E-state index is 0.0102. The number of nitrogens with one attached hydrogen (secondary N) is 1. The summed E-state index contributed by atoms with van der Waals surface area (Å²) >= 11 is 3.60. The molecule has 0 bridgehead atoms. The topological polar surface area (TPSA) is 41.6 Å². The summed E-state index contributed by atoms with van der Waals surface area (Å²) in [6.07, 6.45) is 0. The summed E-state index contributed by atoms with van der Waals surface area (Å²) < 4.78 is 14.0. The Morgan fingerprint density at radius 3 is 1.03 bits per heavy atom. The van der Waals surface area contributed by atoms with Crippen LogP contribution >= 0.6 is 15.9 Å². The lowest BCUT2D eigenvalue weighted by Crippen LogP contribution is -2.14. The Balaban J connectivity index is 0.000000124. The van der Waals surface area contributed by atoms with Crippen LogP contribution in [0, 0.1) is 0 Å². The van der Waals surface area contributed by atoms with E-state index in [9.17, 15) is 0 Å². The zero-order chi connectivity index (χ0) is 64.2. The van der Waals surface area contributed by atoms with Crippen molar-refractivity contribution in [3.05, 3.63) is 354 Å². The molecule has 2 aliphatic rings. The number of fused-ring (bicyclic) bond motifs is 12. The molecule has 2 aromatic heterocycles. The molecule has 14 aromatic carbocycles. The predicted octanol–water partition coefficient (Wildman–Crippen LogP) is 26.1. The van der Waals surface area contributed by atoms with Crippen LogP contribution in [0.2, 0.25) is 0 Å². The van der Waals surface area contributed by atoms with E-state index in [1.54, 1.807) is 0 Å². The molecule has 2 heterocycles. The maximum absolute atomic E-state index is 6.87. The number of hydrogen-bond donors (Lipinski definition) is 1. The van der Waals surface area contributed by atoms with E-state index < -0.39 is 0 Å². The average Bonchev–Trinajstić information content (AvgIpc) is 1.57. The first-order valence-corrected chi connectivity index (χ1v) is 33.3. The van der Waals surface area contributed by atoms with Gasteiger partial charge in [-0.15, -0.1) is 0 Å². The second kappa shape index (κ2) is 24.3. The zero-order valence-corrected chi connectivity index (χ0v) is 54.9. The molecule has 456 valence electrons. The van der Waals surface area contributed by atoms with Gasteiger partial charge in [0.2, 0.25) is 0 Å². The Labute approximate surface area is 563 Å².